The van der Waals surface area contributed by atoms with Gasteiger partial charge in [-0.25, -0.2) is 0 Å². The van der Waals surface area contributed by atoms with Crippen LogP contribution in [0.15, 0.2) is 0 Å². The fourth-order valence-electron chi connectivity index (χ4n) is 0.956. The van der Waals surface area contributed by atoms with Crippen LogP contribution in [0, 0.1) is 0 Å². The summed E-state index contributed by atoms with van der Waals surface area (Å²) >= 11 is 0. The zero-order valence-corrected chi connectivity index (χ0v) is 6.46. The van der Waals surface area contributed by atoms with Gasteiger partial charge in [0.25, 0.3) is 0 Å². The smallest absolute Gasteiger partial charge is 0.225 e. The van der Waals surface area contributed by atoms with Crippen molar-refractivity contribution in [3.8, 4) is 0 Å². The van der Waals surface area contributed by atoms with Crippen molar-refractivity contribution in [2.75, 3.05) is 6.61 Å². The highest BCUT2D eigenvalue weighted by Crippen LogP contribution is 1.96. The molecule has 5 nitrogen and oxygen atoms in total. The van der Waals surface area contributed by atoms with E-state index >= 15 is 0 Å². The number of ether oxygens (including phenoxy) is 1. The van der Waals surface area contributed by atoms with Gasteiger partial charge in [0.05, 0.1) is 12.6 Å². The molecule has 0 aliphatic carbocycles. The third kappa shape index (κ3) is 2.45. The number of nitrogens with two attached hydrogens (primary N) is 1. The molecule has 1 amide bonds. The zero-order valence-electron chi connectivity index (χ0n) is 6.46. The van der Waals surface area contributed by atoms with Gasteiger partial charge in [0.2, 0.25) is 5.91 Å². The van der Waals surface area contributed by atoms with Crippen molar-refractivity contribution in [2.45, 2.75) is 25.9 Å². The Balaban J connectivity index is 2.36. The van der Waals surface area contributed by atoms with Crippen LogP contribution in [-0.4, -0.2) is 25.0 Å². The number of hydrogen-bond donors (Lipinski definition) is 3. The molecule has 1 heterocycles. The largest absolute Gasteiger partial charge is 0.345 e. The number of amides is 1. The highest BCUT2D eigenvalue weighted by Gasteiger charge is 2.22. The summed E-state index contributed by atoms with van der Waals surface area (Å²) in [6.45, 7) is 2.40. The normalized spacial score (nSPS) is 31.6. The molecule has 2 unspecified atom stereocenters. The lowest BCUT2D eigenvalue weighted by Crippen LogP contribution is -2.60. The molecule has 1 aliphatic heterocycles. The second-order valence-corrected chi connectivity index (χ2v) is 2.38. The summed E-state index contributed by atoms with van der Waals surface area (Å²) in [5, 5.41) is 5.47. The average Bonchev–Trinajstić information content (AvgIpc) is 1.85. The van der Waals surface area contributed by atoms with E-state index < -0.39 is 6.35 Å². The number of carbonyl (C=O) groups is 1. The van der Waals surface area contributed by atoms with E-state index in [0.717, 1.165) is 0 Å². The summed E-state index contributed by atoms with van der Waals surface area (Å²) in [5.74, 6) is -0.0744. The SMILES string of the molecule is CCOC1NC(=O)CC(N)N1. The van der Waals surface area contributed by atoms with E-state index in [2.05, 4.69) is 10.6 Å². The highest BCUT2D eigenvalue weighted by atomic mass is 16.5. The van der Waals surface area contributed by atoms with Crippen molar-refractivity contribution < 1.29 is 9.53 Å². The molecule has 4 N–H and O–H groups in total. The molecular formula is C6H13N3O2. The maximum Gasteiger partial charge on any atom is 0.225 e. The highest BCUT2D eigenvalue weighted by molar-refractivity contribution is 5.77. The maximum atomic E-state index is 10.8. The standard InChI is InChI=1S/C6H13N3O2/c1-2-11-6-8-4(7)3-5(10)9-6/h4,6,8H,2-3,7H2,1H3,(H,9,10). The van der Waals surface area contributed by atoms with Crippen molar-refractivity contribution >= 4 is 5.91 Å². The van der Waals surface area contributed by atoms with Crippen LogP contribution in [0.4, 0.5) is 0 Å². The van der Waals surface area contributed by atoms with E-state index in [9.17, 15) is 4.79 Å². The fraction of sp³-hybridized carbons (Fsp3) is 0.833. The van der Waals surface area contributed by atoms with Crippen LogP contribution >= 0.6 is 0 Å². The topological polar surface area (TPSA) is 76.4 Å². The first-order valence-corrected chi connectivity index (χ1v) is 3.65. The molecule has 0 spiro atoms. The summed E-state index contributed by atoms with van der Waals surface area (Å²) in [5.41, 5.74) is 5.49. The Morgan fingerprint density at radius 3 is 3.09 bits per heavy atom. The molecule has 0 aromatic rings. The van der Waals surface area contributed by atoms with Gasteiger partial charge in [-0.3, -0.25) is 10.1 Å². The van der Waals surface area contributed by atoms with E-state index in [1.807, 2.05) is 6.92 Å². The van der Waals surface area contributed by atoms with Crippen molar-refractivity contribution in [3.63, 3.8) is 0 Å². The molecule has 0 radical (unpaired) electrons. The Morgan fingerprint density at radius 1 is 1.82 bits per heavy atom. The molecule has 11 heavy (non-hydrogen) atoms. The van der Waals surface area contributed by atoms with Crippen LogP contribution in [0.1, 0.15) is 13.3 Å². The quantitative estimate of drug-likeness (QED) is 0.468. The summed E-state index contributed by atoms with van der Waals surface area (Å²) in [7, 11) is 0. The van der Waals surface area contributed by atoms with E-state index in [4.69, 9.17) is 10.5 Å². The third-order valence-corrected chi connectivity index (χ3v) is 1.40. The Kier molecular flexibility index (Phi) is 2.81. The van der Waals surface area contributed by atoms with Gasteiger partial charge in [-0.15, -0.1) is 0 Å². The molecule has 2 atom stereocenters. The first-order chi connectivity index (χ1) is 5.22. The van der Waals surface area contributed by atoms with E-state index in [0.29, 0.717) is 13.0 Å². The summed E-state index contributed by atoms with van der Waals surface area (Å²) < 4.78 is 5.10. The number of nitrogens with one attached hydrogen (secondary N) is 2. The molecule has 0 aromatic heterocycles. The van der Waals surface area contributed by atoms with Gasteiger partial charge in [-0.1, -0.05) is 0 Å². The maximum absolute atomic E-state index is 10.8. The molecule has 5 heteroatoms. The van der Waals surface area contributed by atoms with Crippen LogP contribution in [-0.2, 0) is 9.53 Å². The van der Waals surface area contributed by atoms with Gasteiger partial charge in [-0.2, -0.15) is 0 Å². The number of rotatable bonds is 2. The fourth-order valence-corrected chi connectivity index (χ4v) is 0.956. The molecule has 1 saturated heterocycles. The number of carbonyl (C=O) groups excluding carboxylic acids is 1. The van der Waals surface area contributed by atoms with Crippen LogP contribution in [0.2, 0.25) is 0 Å². The zero-order chi connectivity index (χ0) is 8.27. The van der Waals surface area contributed by atoms with Crippen LogP contribution in [0.25, 0.3) is 0 Å². The van der Waals surface area contributed by atoms with Gasteiger partial charge in [-0.05, 0) is 6.92 Å². The Labute approximate surface area is 65.3 Å². The van der Waals surface area contributed by atoms with Crippen LogP contribution < -0.4 is 16.4 Å². The second kappa shape index (κ2) is 3.66. The van der Waals surface area contributed by atoms with Gasteiger partial charge in [0.1, 0.15) is 0 Å². The molecule has 1 aliphatic rings. The summed E-state index contributed by atoms with van der Waals surface area (Å²) in [6, 6.07) is 0. The minimum Gasteiger partial charge on any atom is -0.345 e. The Morgan fingerprint density at radius 2 is 2.55 bits per heavy atom. The molecule has 0 aromatic carbocycles. The molecule has 64 valence electrons. The minimum atomic E-state index is -0.420. The van der Waals surface area contributed by atoms with E-state index in [1.165, 1.54) is 0 Å². The van der Waals surface area contributed by atoms with Crippen molar-refractivity contribution in [1.82, 2.24) is 10.6 Å². The predicted octanol–water partition coefficient (Wildman–Crippen LogP) is -1.30. The molecule has 1 rings (SSSR count). The van der Waals surface area contributed by atoms with Crippen molar-refractivity contribution in [1.29, 1.82) is 0 Å². The Hall–Kier alpha value is -0.650. The van der Waals surface area contributed by atoms with Crippen LogP contribution in [0.3, 0.4) is 0 Å². The third-order valence-electron chi connectivity index (χ3n) is 1.40. The monoisotopic (exact) mass is 159 g/mol. The van der Waals surface area contributed by atoms with Crippen molar-refractivity contribution in [3.05, 3.63) is 0 Å². The lowest BCUT2D eigenvalue weighted by Gasteiger charge is -2.28. The first-order valence-electron chi connectivity index (χ1n) is 3.65. The average molecular weight is 159 g/mol. The summed E-state index contributed by atoms with van der Waals surface area (Å²) in [4.78, 5) is 10.8. The molecule has 0 saturated carbocycles. The minimum absolute atomic E-state index is 0.0744. The van der Waals surface area contributed by atoms with E-state index in [1.54, 1.807) is 0 Å². The van der Waals surface area contributed by atoms with Gasteiger partial charge in [0, 0.05) is 6.61 Å². The Bertz CT molecular complexity index is 151. The van der Waals surface area contributed by atoms with Crippen molar-refractivity contribution in [2.24, 2.45) is 5.73 Å². The predicted molar refractivity (Wildman–Crippen MR) is 39.3 cm³/mol. The summed E-state index contributed by atoms with van der Waals surface area (Å²) in [6.07, 6.45) is -0.402. The van der Waals surface area contributed by atoms with E-state index in [-0.39, 0.29) is 12.1 Å². The lowest BCUT2D eigenvalue weighted by atomic mass is 10.3. The second-order valence-electron chi connectivity index (χ2n) is 2.38. The van der Waals surface area contributed by atoms with Gasteiger partial charge < -0.3 is 15.8 Å². The lowest BCUT2D eigenvalue weighted by molar-refractivity contribution is -0.131. The first kappa shape index (κ1) is 8.45. The molecular weight excluding hydrogens is 146 g/mol. The molecule has 1 fully saturated rings. The van der Waals surface area contributed by atoms with Gasteiger partial charge >= 0.3 is 0 Å². The van der Waals surface area contributed by atoms with Gasteiger partial charge in [0.15, 0.2) is 6.35 Å². The molecule has 0 bridgehead atoms. The van der Waals surface area contributed by atoms with Crippen LogP contribution in [0.5, 0.6) is 0 Å². The number of hydrogen-bond acceptors (Lipinski definition) is 4.